The van der Waals surface area contributed by atoms with Gasteiger partial charge in [0.05, 0.1) is 10.6 Å². The molecule has 0 bridgehead atoms. The lowest BCUT2D eigenvalue weighted by Crippen LogP contribution is -1.97. The maximum Gasteiger partial charge on any atom is 0.233 e. The van der Waals surface area contributed by atoms with Crippen molar-refractivity contribution in [2.75, 3.05) is 5.73 Å². The van der Waals surface area contributed by atoms with E-state index in [0.717, 1.165) is 0 Å². The average Bonchev–Trinajstić information content (AvgIpc) is 2.01. The van der Waals surface area contributed by atoms with Gasteiger partial charge in [-0.2, -0.15) is 4.39 Å². The van der Waals surface area contributed by atoms with Gasteiger partial charge in [-0.15, -0.1) is 5.92 Å². The van der Waals surface area contributed by atoms with Gasteiger partial charge in [-0.3, -0.25) is 0 Å². The molecule has 0 spiro atoms. The predicted molar refractivity (Wildman–Crippen MR) is 46.2 cm³/mol. The van der Waals surface area contributed by atoms with E-state index in [2.05, 4.69) is 16.8 Å². The fourth-order valence-electron chi connectivity index (χ4n) is 0.714. The van der Waals surface area contributed by atoms with Crippen LogP contribution in [0, 0.1) is 17.8 Å². The second-order valence-corrected chi connectivity index (χ2v) is 2.48. The van der Waals surface area contributed by atoms with Gasteiger partial charge in [-0.1, -0.05) is 17.5 Å². The highest BCUT2D eigenvalue weighted by atomic mass is 35.5. The molecule has 0 fully saturated rings. The fourth-order valence-corrected chi connectivity index (χ4v) is 0.866. The Morgan fingerprint density at radius 3 is 2.92 bits per heavy atom. The van der Waals surface area contributed by atoms with Gasteiger partial charge in [0.15, 0.2) is 0 Å². The van der Waals surface area contributed by atoms with Gasteiger partial charge in [-0.25, -0.2) is 4.98 Å². The highest BCUT2D eigenvalue weighted by molar-refractivity contribution is 6.30. The SMILES string of the molecule is CC#Cc1cc(Cl)c(F)nc1N. The van der Waals surface area contributed by atoms with Crippen LogP contribution < -0.4 is 5.73 Å². The zero-order valence-corrected chi connectivity index (χ0v) is 7.11. The Labute approximate surface area is 74.6 Å². The van der Waals surface area contributed by atoms with Crippen molar-refractivity contribution in [3.8, 4) is 11.8 Å². The molecule has 1 heterocycles. The Kier molecular flexibility index (Phi) is 2.51. The van der Waals surface area contributed by atoms with Crippen LogP contribution in [0.5, 0.6) is 0 Å². The van der Waals surface area contributed by atoms with Crippen LogP contribution in [0.4, 0.5) is 10.2 Å². The lowest BCUT2D eigenvalue weighted by atomic mass is 10.2. The van der Waals surface area contributed by atoms with Gasteiger partial charge in [0.2, 0.25) is 5.95 Å². The monoisotopic (exact) mass is 184 g/mol. The van der Waals surface area contributed by atoms with Gasteiger partial charge in [0.25, 0.3) is 0 Å². The molecule has 4 heteroatoms. The van der Waals surface area contributed by atoms with Crippen LogP contribution >= 0.6 is 11.6 Å². The predicted octanol–water partition coefficient (Wildman–Crippen LogP) is 1.83. The molecule has 0 amide bonds. The van der Waals surface area contributed by atoms with E-state index in [0.29, 0.717) is 5.56 Å². The molecule has 0 aliphatic rings. The Hall–Kier alpha value is -1.27. The number of aromatic nitrogens is 1. The highest BCUT2D eigenvalue weighted by Crippen LogP contribution is 2.17. The Morgan fingerprint density at radius 1 is 1.67 bits per heavy atom. The van der Waals surface area contributed by atoms with Crippen LogP contribution in [-0.4, -0.2) is 4.98 Å². The first-order valence-electron chi connectivity index (χ1n) is 3.19. The largest absolute Gasteiger partial charge is 0.383 e. The summed E-state index contributed by atoms with van der Waals surface area (Å²) in [6.07, 6.45) is 0. The Morgan fingerprint density at radius 2 is 2.33 bits per heavy atom. The summed E-state index contributed by atoms with van der Waals surface area (Å²) < 4.78 is 12.6. The van der Waals surface area contributed by atoms with Crippen molar-refractivity contribution in [1.82, 2.24) is 4.98 Å². The number of halogens is 2. The molecular formula is C8H6ClFN2. The molecule has 0 aromatic carbocycles. The topological polar surface area (TPSA) is 38.9 Å². The van der Waals surface area contributed by atoms with Gasteiger partial charge < -0.3 is 5.73 Å². The molecule has 2 N–H and O–H groups in total. The smallest absolute Gasteiger partial charge is 0.233 e. The number of rotatable bonds is 0. The summed E-state index contributed by atoms with van der Waals surface area (Å²) in [5, 5.41) is -0.0676. The maximum atomic E-state index is 12.6. The van der Waals surface area contributed by atoms with E-state index in [1.807, 2.05) is 0 Å². The minimum absolute atomic E-state index is 0.0613. The molecule has 1 aromatic rings. The van der Waals surface area contributed by atoms with E-state index < -0.39 is 5.95 Å². The molecule has 0 radical (unpaired) electrons. The Bertz CT molecular complexity index is 365. The Balaban J connectivity index is 3.29. The first kappa shape index (κ1) is 8.82. The van der Waals surface area contributed by atoms with Gasteiger partial charge in [0, 0.05) is 0 Å². The summed E-state index contributed by atoms with van der Waals surface area (Å²) in [4.78, 5) is 3.37. The molecule has 0 atom stereocenters. The molecule has 0 unspecified atom stereocenters. The summed E-state index contributed by atoms with van der Waals surface area (Å²) in [7, 11) is 0. The second kappa shape index (κ2) is 3.42. The fraction of sp³-hybridized carbons (Fsp3) is 0.125. The third-order valence-corrected chi connectivity index (χ3v) is 1.49. The number of nitrogens with two attached hydrogens (primary N) is 1. The zero-order chi connectivity index (χ0) is 9.14. The summed E-state index contributed by atoms with van der Waals surface area (Å²) in [6, 6.07) is 1.36. The number of hydrogen-bond acceptors (Lipinski definition) is 2. The normalized spacial score (nSPS) is 8.92. The maximum absolute atomic E-state index is 12.6. The number of hydrogen-bond donors (Lipinski definition) is 1. The van der Waals surface area contributed by atoms with Crippen molar-refractivity contribution < 1.29 is 4.39 Å². The third kappa shape index (κ3) is 1.66. The summed E-state index contributed by atoms with van der Waals surface area (Å²) >= 11 is 5.46. The molecule has 0 saturated carbocycles. The van der Waals surface area contributed by atoms with Crippen molar-refractivity contribution in [2.45, 2.75) is 6.92 Å². The van der Waals surface area contributed by atoms with E-state index >= 15 is 0 Å². The van der Waals surface area contributed by atoms with Crippen LogP contribution in [0.2, 0.25) is 5.02 Å². The van der Waals surface area contributed by atoms with E-state index in [1.165, 1.54) is 6.07 Å². The van der Waals surface area contributed by atoms with Crippen molar-refractivity contribution in [3.05, 3.63) is 22.6 Å². The van der Waals surface area contributed by atoms with Crippen LogP contribution in [0.3, 0.4) is 0 Å². The highest BCUT2D eigenvalue weighted by Gasteiger charge is 2.05. The number of nitrogens with zero attached hydrogens (tertiary/aromatic N) is 1. The molecule has 0 saturated heterocycles. The standard InChI is InChI=1S/C8H6ClFN2/c1-2-3-5-4-6(9)7(10)12-8(5)11/h4H,1H3,(H2,11,12). The molecule has 1 rings (SSSR count). The number of anilines is 1. The van der Waals surface area contributed by atoms with Crippen LogP contribution in [-0.2, 0) is 0 Å². The van der Waals surface area contributed by atoms with E-state index in [1.54, 1.807) is 6.92 Å². The number of nitrogen functional groups attached to an aromatic ring is 1. The first-order valence-corrected chi connectivity index (χ1v) is 3.57. The summed E-state index contributed by atoms with van der Waals surface area (Å²) in [5.41, 5.74) is 5.81. The first-order chi connectivity index (χ1) is 5.65. The molecule has 62 valence electrons. The van der Waals surface area contributed by atoms with Gasteiger partial charge in [-0.05, 0) is 13.0 Å². The van der Waals surface area contributed by atoms with Crippen molar-refractivity contribution in [2.24, 2.45) is 0 Å². The second-order valence-electron chi connectivity index (χ2n) is 2.07. The quantitative estimate of drug-likeness (QED) is 0.494. The van der Waals surface area contributed by atoms with Gasteiger partial charge >= 0.3 is 0 Å². The van der Waals surface area contributed by atoms with Crippen molar-refractivity contribution in [3.63, 3.8) is 0 Å². The zero-order valence-electron chi connectivity index (χ0n) is 6.36. The average molecular weight is 185 g/mol. The number of pyridine rings is 1. The van der Waals surface area contributed by atoms with E-state index in [-0.39, 0.29) is 10.8 Å². The van der Waals surface area contributed by atoms with E-state index in [4.69, 9.17) is 17.3 Å². The van der Waals surface area contributed by atoms with Gasteiger partial charge in [0.1, 0.15) is 5.82 Å². The van der Waals surface area contributed by atoms with Crippen molar-refractivity contribution >= 4 is 17.4 Å². The molecular weight excluding hydrogens is 179 g/mol. The lowest BCUT2D eigenvalue weighted by Gasteiger charge is -1.98. The molecule has 1 aromatic heterocycles. The minimum atomic E-state index is -0.768. The molecule has 0 aliphatic carbocycles. The molecule has 2 nitrogen and oxygen atoms in total. The van der Waals surface area contributed by atoms with Crippen LogP contribution in [0.1, 0.15) is 12.5 Å². The van der Waals surface area contributed by atoms with E-state index in [9.17, 15) is 4.39 Å². The van der Waals surface area contributed by atoms with Crippen molar-refractivity contribution in [1.29, 1.82) is 0 Å². The summed E-state index contributed by atoms with van der Waals surface area (Å²) in [5.74, 6) is 4.57. The molecule has 0 aliphatic heterocycles. The molecule has 12 heavy (non-hydrogen) atoms. The van der Waals surface area contributed by atoms with Crippen LogP contribution in [0.15, 0.2) is 6.07 Å². The minimum Gasteiger partial charge on any atom is -0.383 e. The van der Waals surface area contributed by atoms with Crippen LogP contribution in [0.25, 0.3) is 0 Å². The lowest BCUT2D eigenvalue weighted by molar-refractivity contribution is 0.586. The summed E-state index contributed by atoms with van der Waals surface area (Å²) in [6.45, 7) is 1.65. The third-order valence-electron chi connectivity index (χ3n) is 1.22.